The number of benzene rings is 3. The van der Waals surface area contributed by atoms with Gasteiger partial charge in [-0.2, -0.15) is 0 Å². The predicted octanol–water partition coefficient (Wildman–Crippen LogP) is 4.23. The number of amides is 1. The highest BCUT2D eigenvalue weighted by Crippen LogP contribution is 2.38. The van der Waals surface area contributed by atoms with Crippen LogP contribution in [0.3, 0.4) is 0 Å². The number of carbonyl (C=O) groups is 1. The van der Waals surface area contributed by atoms with Crippen LogP contribution in [0.5, 0.6) is 11.5 Å². The van der Waals surface area contributed by atoms with Crippen LogP contribution in [0.4, 0.5) is 0 Å². The van der Waals surface area contributed by atoms with Gasteiger partial charge in [0, 0.05) is 12.1 Å². The van der Waals surface area contributed by atoms with E-state index < -0.39 is 0 Å². The third-order valence-electron chi connectivity index (χ3n) is 6.42. The average molecular weight is 441 g/mol. The third-order valence-corrected chi connectivity index (χ3v) is 6.42. The Morgan fingerprint density at radius 1 is 0.970 bits per heavy atom. The highest BCUT2D eigenvalue weighted by Gasteiger charge is 2.31. The van der Waals surface area contributed by atoms with Crippen molar-refractivity contribution in [1.29, 1.82) is 0 Å². The maximum atomic E-state index is 13.4. The summed E-state index contributed by atoms with van der Waals surface area (Å²) in [4.78, 5) is 15.3. The molecule has 33 heavy (non-hydrogen) atoms. The summed E-state index contributed by atoms with van der Waals surface area (Å²) in [5, 5.41) is 8.47. The Hall–Kier alpha value is -3.87. The second kappa shape index (κ2) is 8.24. The van der Waals surface area contributed by atoms with Gasteiger partial charge in [-0.05, 0) is 60.4 Å². The third kappa shape index (κ3) is 3.69. The Labute approximate surface area is 191 Å². The number of aromatic nitrogens is 3. The first-order valence-electron chi connectivity index (χ1n) is 11.3. The van der Waals surface area contributed by atoms with Crippen molar-refractivity contribution in [3.05, 3.63) is 83.4 Å². The van der Waals surface area contributed by atoms with Gasteiger partial charge < -0.3 is 14.4 Å². The van der Waals surface area contributed by atoms with Crippen molar-refractivity contribution < 1.29 is 14.3 Å². The summed E-state index contributed by atoms with van der Waals surface area (Å²) < 4.78 is 13.3. The fourth-order valence-corrected chi connectivity index (χ4v) is 4.75. The summed E-state index contributed by atoms with van der Waals surface area (Å²) in [7, 11) is 0. The van der Waals surface area contributed by atoms with E-state index >= 15 is 0 Å². The number of fused-ring (bicyclic) bond motifs is 2. The topological polar surface area (TPSA) is 69.5 Å². The van der Waals surface area contributed by atoms with E-state index in [1.807, 2.05) is 70.2 Å². The maximum absolute atomic E-state index is 13.4. The molecule has 6 rings (SSSR count). The Morgan fingerprint density at radius 2 is 1.79 bits per heavy atom. The average Bonchev–Trinajstić information content (AvgIpc) is 3.52. The van der Waals surface area contributed by atoms with Gasteiger partial charge in [-0.15, -0.1) is 5.10 Å². The van der Waals surface area contributed by atoms with Crippen LogP contribution in [-0.4, -0.2) is 45.6 Å². The van der Waals surface area contributed by atoms with Crippen LogP contribution >= 0.6 is 0 Å². The molecule has 2 aliphatic heterocycles. The predicted molar refractivity (Wildman–Crippen MR) is 124 cm³/mol. The van der Waals surface area contributed by atoms with Crippen molar-refractivity contribution in [3.8, 4) is 11.5 Å². The molecular formula is C26H24N4O3. The molecule has 0 aliphatic carbocycles. The summed E-state index contributed by atoms with van der Waals surface area (Å²) in [6, 6.07) is 21.8. The van der Waals surface area contributed by atoms with Gasteiger partial charge in [-0.1, -0.05) is 35.5 Å². The van der Waals surface area contributed by atoms with E-state index in [4.69, 9.17) is 9.47 Å². The molecule has 3 heterocycles. The van der Waals surface area contributed by atoms with Crippen molar-refractivity contribution in [2.24, 2.45) is 0 Å². The lowest BCUT2D eigenvalue weighted by atomic mass is 10.0. The van der Waals surface area contributed by atoms with E-state index in [-0.39, 0.29) is 11.9 Å². The standard InChI is InChI=1S/C26H24N4O3/c31-26(29-13-3-6-22(29)20-11-12-24-25(16-20)33-15-14-32-24)19-9-7-18(8-10-19)17-30-23-5-2-1-4-21(23)27-28-30/h1-2,4-5,7-12,16,22H,3,6,13-15,17H2. The summed E-state index contributed by atoms with van der Waals surface area (Å²) >= 11 is 0. The zero-order valence-electron chi connectivity index (χ0n) is 18.2. The first kappa shape index (κ1) is 19.8. The molecule has 0 bridgehead atoms. The van der Waals surface area contributed by atoms with E-state index in [0.717, 1.165) is 53.0 Å². The van der Waals surface area contributed by atoms with Gasteiger partial charge in [-0.3, -0.25) is 4.79 Å². The molecule has 1 unspecified atom stereocenters. The fourth-order valence-electron chi connectivity index (χ4n) is 4.75. The van der Waals surface area contributed by atoms with Crippen molar-refractivity contribution in [2.75, 3.05) is 19.8 Å². The van der Waals surface area contributed by atoms with Gasteiger partial charge in [0.05, 0.1) is 18.1 Å². The minimum Gasteiger partial charge on any atom is -0.486 e. The van der Waals surface area contributed by atoms with Gasteiger partial charge in [-0.25, -0.2) is 4.68 Å². The highest BCUT2D eigenvalue weighted by atomic mass is 16.6. The van der Waals surface area contributed by atoms with Gasteiger partial charge in [0.25, 0.3) is 5.91 Å². The number of hydrogen-bond donors (Lipinski definition) is 0. The van der Waals surface area contributed by atoms with Gasteiger partial charge in [0.15, 0.2) is 11.5 Å². The van der Waals surface area contributed by atoms with E-state index in [1.165, 1.54) is 0 Å². The molecule has 7 heteroatoms. The van der Waals surface area contributed by atoms with Crippen molar-refractivity contribution in [3.63, 3.8) is 0 Å². The number of hydrogen-bond acceptors (Lipinski definition) is 5. The maximum Gasteiger partial charge on any atom is 0.254 e. The Balaban J connectivity index is 1.20. The molecule has 0 saturated carbocycles. The largest absolute Gasteiger partial charge is 0.486 e. The minimum absolute atomic E-state index is 0.0505. The zero-order valence-corrected chi connectivity index (χ0v) is 18.2. The fraction of sp³-hybridized carbons (Fsp3) is 0.269. The minimum atomic E-state index is 0.0505. The molecule has 3 aromatic carbocycles. The van der Waals surface area contributed by atoms with Crippen molar-refractivity contribution in [1.82, 2.24) is 19.9 Å². The van der Waals surface area contributed by atoms with E-state index in [1.54, 1.807) is 0 Å². The Bertz CT molecular complexity index is 1310. The van der Waals surface area contributed by atoms with Gasteiger partial charge in [0.1, 0.15) is 18.7 Å². The molecule has 1 aromatic heterocycles. The number of nitrogens with zero attached hydrogens (tertiary/aromatic N) is 4. The second-order valence-corrected chi connectivity index (χ2v) is 8.49. The Kier molecular flexibility index (Phi) is 4.94. The summed E-state index contributed by atoms with van der Waals surface area (Å²) in [6.45, 7) is 2.49. The lowest BCUT2D eigenvalue weighted by Crippen LogP contribution is -2.30. The lowest BCUT2D eigenvalue weighted by Gasteiger charge is -2.27. The zero-order chi connectivity index (χ0) is 22.2. The first-order chi connectivity index (χ1) is 16.3. The van der Waals surface area contributed by atoms with Crippen LogP contribution in [0.15, 0.2) is 66.7 Å². The molecule has 1 fully saturated rings. The molecule has 0 spiro atoms. The van der Waals surface area contributed by atoms with Crippen LogP contribution < -0.4 is 9.47 Å². The molecular weight excluding hydrogens is 416 g/mol. The molecule has 2 aliphatic rings. The number of ether oxygens (including phenoxy) is 2. The quantitative estimate of drug-likeness (QED) is 0.475. The van der Waals surface area contributed by atoms with Crippen LogP contribution in [0, 0.1) is 0 Å². The monoisotopic (exact) mass is 440 g/mol. The van der Waals surface area contributed by atoms with Gasteiger partial charge >= 0.3 is 0 Å². The molecule has 0 radical (unpaired) electrons. The van der Waals surface area contributed by atoms with Gasteiger partial charge in [0.2, 0.25) is 0 Å². The van der Waals surface area contributed by atoms with E-state index in [0.29, 0.717) is 25.3 Å². The summed E-state index contributed by atoms with van der Waals surface area (Å²) in [5.41, 5.74) is 4.75. The summed E-state index contributed by atoms with van der Waals surface area (Å²) in [6.07, 6.45) is 1.94. The van der Waals surface area contributed by atoms with Crippen molar-refractivity contribution in [2.45, 2.75) is 25.4 Å². The lowest BCUT2D eigenvalue weighted by molar-refractivity contribution is 0.0735. The molecule has 166 valence electrons. The molecule has 7 nitrogen and oxygen atoms in total. The van der Waals surface area contributed by atoms with Crippen LogP contribution in [0.2, 0.25) is 0 Å². The van der Waals surface area contributed by atoms with Crippen LogP contribution in [0.25, 0.3) is 11.0 Å². The van der Waals surface area contributed by atoms with Crippen LogP contribution in [0.1, 0.15) is 40.4 Å². The van der Waals surface area contributed by atoms with E-state index in [2.05, 4.69) is 16.4 Å². The Morgan fingerprint density at radius 3 is 2.67 bits per heavy atom. The number of para-hydroxylation sites is 1. The molecule has 1 atom stereocenters. The smallest absolute Gasteiger partial charge is 0.254 e. The summed E-state index contributed by atoms with van der Waals surface area (Å²) in [5.74, 6) is 1.60. The molecule has 0 N–H and O–H groups in total. The SMILES string of the molecule is O=C(c1ccc(Cn2nnc3ccccc32)cc1)N1CCCC1c1ccc2c(c1)OCCO2. The molecule has 1 amide bonds. The number of likely N-dealkylation sites (tertiary alicyclic amines) is 1. The second-order valence-electron chi connectivity index (χ2n) is 8.49. The molecule has 1 saturated heterocycles. The number of carbonyl (C=O) groups excluding carboxylic acids is 1. The van der Waals surface area contributed by atoms with Crippen molar-refractivity contribution >= 4 is 16.9 Å². The highest BCUT2D eigenvalue weighted by molar-refractivity contribution is 5.94. The normalized spacial score (nSPS) is 17.5. The number of rotatable bonds is 4. The van der Waals surface area contributed by atoms with E-state index in [9.17, 15) is 4.79 Å². The molecule has 4 aromatic rings. The van der Waals surface area contributed by atoms with Crippen LogP contribution in [-0.2, 0) is 6.54 Å². The first-order valence-corrected chi connectivity index (χ1v) is 11.3.